The topological polar surface area (TPSA) is 38.0 Å². The van der Waals surface area contributed by atoms with Crippen LogP contribution in [-0.4, -0.2) is 21.1 Å². The van der Waals surface area contributed by atoms with Crippen LogP contribution in [-0.2, 0) is 0 Å². The van der Waals surface area contributed by atoms with Crippen LogP contribution in [0.5, 0.6) is 0 Å². The Kier molecular flexibility index (Phi) is 132. The lowest BCUT2D eigenvalue weighted by molar-refractivity contribution is 0.886. The summed E-state index contributed by atoms with van der Waals surface area (Å²) in [5.41, 5.74) is 4.50. The van der Waals surface area contributed by atoms with Crippen molar-refractivity contribution < 1.29 is 0 Å². The number of rotatable bonds is 1. The maximum absolute atomic E-state index is 4.50. The highest BCUT2D eigenvalue weighted by Gasteiger charge is 1.56. The maximum Gasteiger partial charge on any atom is -0.0167 e. The molecule has 0 aliphatic heterocycles. The zero-order valence-electron chi connectivity index (χ0n) is 10.2. The van der Waals surface area contributed by atoms with Crippen LogP contribution in [0.15, 0.2) is 0 Å². The molecule has 0 aromatic carbocycles. The van der Waals surface area contributed by atoms with E-state index in [2.05, 4.69) is 38.7 Å². The van der Waals surface area contributed by atoms with Crippen molar-refractivity contribution >= 4 is 0 Å². The third-order valence-electron chi connectivity index (χ3n) is 0.500. The van der Waals surface area contributed by atoms with E-state index in [9.17, 15) is 0 Å². The van der Waals surface area contributed by atoms with Gasteiger partial charge in [-0.2, -0.15) is 0 Å². The third-order valence-corrected chi connectivity index (χ3v) is 0.500. The monoisotopic (exact) mass is 178 g/mol. The first-order chi connectivity index (χ1) is 5.74. The lowest BCUT2D eigenvalue weighted by Gasteiger charge is -1.68. The number of hydrogen-bond donors (Lipinski definition) is 2. The standard InChI is InChI=1S/C4H10.C3H8.C2H7N.CH5N/c1-3-4-2;2*1-3-2;1-2/h3-4H2,1-2H3;3H2,1-2H3;3H,1-2H3;2H2,1H3. The second kappa shape index (κ2) is 69.9. The molecule has 0 unspecified atom stereocenters. The van der Waals surface area contributed by atoms with Crippen LogP contribution in [0.25, 0.3) is 0 Å². The predicted octanol–water partition coefficient (Wildman–Crippen LogP) is 2.63. The van der Waals surface area contributed by atoms with E-state index >= 15 is 0 Å². The number of unbranched alkanes of at least 4 members (excludes halogenated alkanes) is 1. The largest absolute Gasteiger partial charge is 0.333 e. The second-order valence-electron chi connectivity index (χ2n) is 2.21. The molecule has 0 radical (unpaired) electrons. The van der Waals surface area contributed by atoms with Crippen LogP contribution < -0.4 is 11.1 Å². The normalized spacial score (nSPS) is 6.00. The fraction of sp³-hybridized carbons (Fsp3) is 1.00. The Balaban J connectivity index is -0.0000000368. The van der Waals surface area contributed by atoms with Gasteiger partial charge in [-0.3, -0.25) is 0 Å². The van der Waals surface area contributed by atoms with Crippen molar-refractivity contribution in [2.24, 2.45) is 5.73 Å². The fourth-order valence-electron chi connectivity index (χ4n) is 0. The van der Waals surface area contributed by atoms with Gasteiger partial charge in [0, 0.05) is 0 Å². The highest BCUT2D eigenvalue weighted by Crippen LogP contribution is 1.76. The number of nitrogens with one attached hydrogen (secondary N) is 1. The van der Waals surface area contributed by atoms with E-state index in [-0.39, 0.29) is 0 Å². The van der Waals surface area contributed by atoms with Crippen LogP contribution in [0.2, 0.25) is 0 Å². The van der Waals surface area contributed by atoms with Gasteiger partial charge in [0.1, 0.15) is 0 Å². The van der Waals surface area contributed by atoms with Crippen molar-refractivity contribution in [1.29, 1.82) is 0 Å². The van der Waals surface area contributed by atoms with Crippen LogP contribution in [0.3, 0.4) is 0 Å². The van der Waals surface area contributed by atoms with Gasteiger partial charge >= 0.3 is 0 Å². The molecule has 0 saturated heterocycles. The Morgan fingerprint density at radius 3 is 0.917 bits per heavy atom. The molecule has 12 heavy (non-hydrogen) atoms. The van der Waals surface area contributed by atoms with Crippen LogP contribution in [0.4, 0.5) is 0 Å². The summed E-state index contributed by atoms with van der Waals surface area (Å²) in [6.07, 6.45) is 3.89. The fourth-order valence-corrected chi connectivity index (χ4v) is 0. The zero-order valence-corrected chi connectivity index (χ0v) is 10.2. The van der Waals surface area contributed by atoms with Gasteiger partial charge in [-0.25, -0.2) is 0 Å². The molecule has 0 heterocycles. The Bertz CT molecular complexity index is 19.8. The van der Waals surface area contributed by atoms with E-state index in [1.54, 1.807) is 0 Å². The summed E-state index contributed by atoms with van der Waals surface area (Å²) in [6, 6.07) is 0. The van der Waals surface area contributed by atoms with E-state index in [0.29, 0.717) is 0 Å². The summed E-state index contributed by atoms with van der Waals surface area (Å²) >= 11 is 0. The van der Waals surface area contributed by atoms with Crippen LogP contribution in [0.1, 0.15) is 47.0 Å². The Morgan fingerprint density at radius 2 is 0.917 bits per heavy atom. The van der Waals surface area contributed by atoms with Gasteiger partial charge in [-0.05, 0) is 21.1 Å². The molecular formula is C10H30N2. The van der Waals surface area contributed by atoms with Crippen molar-refractivity contribution in [3.8, 4) is 0 Å². The van der Waals surface area contributed by atoms with Gasteiger partial charge in [0.05, 0.1) is 0 Å². The minimum atomic E-state index is 1.25. The van der Waals surface area contributed by atoms with Crippen LogP contribution in [0, 0.1) is 0 Å². The predicted molar refractivity (Wildman–Crippen MR) is 61.6 cm³/mol. The summed E-state index contributed by atoms with van der Waals surface area (Å²) in [6.45, 7) is 8.61. The quantitative estimate of drug-likeness (QED) is 0.648. The van der Waals surface area contributed by atoms with E-state index in [1.807, 2.05) is 14.1 Å². The van der Waals surface area contributed by atoms with Crippen LogP contribution >= 0.6 is 0 Å². The van der Waals surface area contributed by atoms with Gasteiger partial charge < -0.3 is 11.1 Å². The molecule has 0 saturated carbocycles. The lowest BCUT2D eigenvalue weighted by Crippen LogP contribution is -1.89. The highest BCUT2D eigenvalue weighted by atomic mass is 14.7. The molecule has 3 N–H and O–H groups in total. The average Bonchev–Trinajstić information content (AvgIpc) is 2.10. The van der Waals surface area contributed by atoms with Gasteiger partial charge in [-0.15, -0.1) is 0 Å². The molecule has 0 aromatic rings. The molecule has 2 heteroatoms. The van der Waals surface area contributed by atoms with Crippen molar-refractivity contribution in [2.75, 3.05) is 21.1 Å². The molecule has 0 spiro atoms. The molecular weight excluding hydrogens is 148 g/mol. The molecule has 2 nitrogen and oxygen atoms in total. The van der Waals surface area contributed by atoms with Crippen molar-refractivity contribution in [1.82, 2.24) is 5.32 Å². The highest BCUT2D eigenvalue weighted by molar-refractivity contribution is 4.12. The van der Waals surface area contributed by atoms with Crippen molar-refractivity contribution in [2.45, 2.75) is 47.0 Å². The van der Waals surface area contributed by atoms with Gasteiger partial charge in [0.25, 0.3) is 0 Å². The minimum absolute atomic E-state index is 1.25. The van der Waals surface area contributed by atoms with Crippen molar-refractivity contribution in [3.05, 3.63) is 0 Å². The molecule has 0 aliphatic carbocycles. The van der Waals surface area contributed by atoms with Crippen molar-refractivity contribution in [3.63, 3.8) is 0 Å². The van der Waals surface area contributed by atoms with Gasteiger partial charge in [-0.1, -0.05) is 47.0 Å². The molecule has 0 fully saturated rings. The molecule has 0 aliphatic rings. The van der Waals surface area contributed by atoms with Gasteiger partial charge in [0.2, 0.25) is 0 Å². The molecule has 80 valence electrons. The molecule has 0 aromatic heterocycles. The summed E-state index contributed by atoms with van der Waals surface area (Å²) in [5, 5.41) is 2.75. The number of nitrogens with two attached hydrogens (primary N) is 1. The average molecular weight is 178 g/mol. The first-order valence-corrected chi connectivity index (χ1v) is 4.91. The van der Waals surface area contributed by atoms with E-state index < -0.39 is 0 Å². The number of hydrogen-bond acceptors (Lipinski definition) is 2. The summed E-state index contributed by atoms with van der Waals surface area (Å²) < 4.78 is 0. The molecule has 0 rings (SSSR count). The summed E-state index contributed by atoms with van der Waals surface area (Å²) in [5.74, 6) is 0. The van der Waals surface area contributed by atoms with Gasteiger partial charge in [0.15, 0.2) is 0 Å². The maximum atomic E-state index is 4.50. The second-order valence-corrected chi connectivity index (χ2v) is 2.21. The van der Waals surface area contributed by atoms with E-state index in [4.69, 9.17) is 0 Å². The molecule has 0 amide bonds. The Morgan fingerprint density at radius 1 is 0.833 bits per heavy atom. The molecule has 0 bridgehead atoms. The smallest absolute Gasteiger partial charge is 0.0167 e. The molecule has 0 atom stereocenters. The Labute approximate surface area is 79.9 Å². The first-order valence-electron chi connectivity index (χ1n) is 4.91. The Hall–Kier alpha value is -0.0800. The first kappa shape index (κ1) is 22.7. The minimum Gasteiger partial charge on any atom is -0.333 e. The SMILES string of the molecule is CCC.CCCC.CN.CNC. The third kappa shape index (κ3) is 933. The lowest BCUT2D eigenvalue weighted by atomic mass is 10.4. The summed E-state index contributed by atoms with van der Waals surface area (Å²) in [7, 11) is 5.25. The summed E-state index contributed by atoms with van der Waals surface area (Å²) in [4.78, 5) is 0. The van der Waals surface area contributed by atoms with E-state index in [1.165, 1.54) is 26.3 Å². The zero-order chi connectivity index (χ0) is 10.8. The van der Waals surface area contributed by atoms with E-state index in [0.717, 1.165) is 0 Å².